The Labute approximate surface area is 203 Å². The molecule has 1 aliphatic rings. The highest BCUT2D eigenvalue weighted by Crippen LogP contribution is 2.24. The first-order valence-electron chi connectivity index (χ1n) is 11.9. The van der Waals surface area contributed by atoms with Gasteiger partial charge < -0.3 is 26.4 Å². The fourth-order valence-corrected chi connectivity index (χ4v) is 4.04. The minimum Gasteiger partial charge on any atom is -0.481 e. The second-order valence-electron chi connectivity index (χ2n) is 9.24. The van der Waals surface area contributed by atoms with Crippen LogP contribution in [0, 0.1) is 11.8 Å². The number of nitrogens with zero attached hydrogens (tertiary/aromatic N) is 1. The Bertz CT molecular complexity index is 712. The first kappa shape index (κ1) is 31.4. The first-order chi connectivity index (χ1) is 15.5. The summed E-state index contributed by atoms with van der Waals surface area (Å²) >= 11 is 0. The number of carboxylic acid groups (broad SMARTS) is 1. The van der Waals surface area contributed by atoms with Crippen molar-refractivity contribution in [3.05, 3.63) is 0 Å². The van der Waals surface area contributed by atoms with Crippen molar-refractivity contribution >= 4 is 29.6 Å². The molecule has 10 nitrogen and oxygen atoms in total. The van der Waals surface area contributed by atoms with Gasteiger partial charge in [0.2, 0.25) is 23.6 Å². The van der Waals surface area contributed by atoms with Crippen molar-refractivity contribution in [3.8, 4) is 0 Å². The summed E-state index contributed by atoms with van der Waals surface area (Å²) < 4.78 is 0. The van der Waals surface area contributed by atoms with E-state index in [-0.39, 0.29) is 56.4 Å². The molecule has 1 rings (SSSR count). The largest absolute Gasteiger partial charge is 0.481 e. The van der Waals surface area contributed by atoms with Crippen LogP contribution in [0.5, 0.6) is 0 Å². The maximum Gasteiger partial charge on any atom is 0.306 e. The highest BCUT2D eigenvalue weighted by Gasteiger charge is 2.35. The van der Waals surface area contributed by atoms with E-state index < -0.39 is 29.9 Å². The highest BCUT2D eigenvalue weighted by molar-refractivity contribution is 5.88. The third-order valence-electron chi connectivity index (χ3n) is 6.07. The van der Waals surface area contributed by atoms with Gasteiger partial charge in [-0.25, -0.2) is 0 Å². The van der Waals surface area contributed by atoms with Crippen LogP contribution < -0.4 is 16.4 Å². The van der Waals surface area contributed by atoms with Crippen molar-refractivity contribution < 1.29 is 29.1 Å². The van der Waals surface area contributed by atoms with Gasteiger partial charge in [0.15, 0.2) is 0 Å². The zero-order chi connectivity index (χ0) is 25.1. The molecule has 1 fully saturated rings. The van der Waals surface area contributed by atoms with Crippen molar-refractivity contribution in [3.63, 3.8) is 0 Å². The van der Waals surface area contributed by atoms with Crippen LogP contribution in [0.4, 0.5) is 0 Å². The van der Waals surface area contributed by atoms with Gasteiger partial charge in [-0.2, -0.15) is 0 Å². The van der Waals surface area contributed by atoms with Gasteiger partial charge in [-0.3, -0.25) is 24.0 Å². The quantitative estimate of drug-likeness (QED) is 0.277. The van der Waals surface area contributed by atoms with E-state index in [0.29, 0.717) is 38.6 Å². The van der Waals surface area contributed by atoms with Gasteiger partial charge in [0.1, 0.15) is 6.04 Å². The van der Waals surface area contributed by atoms with Gasteiger partial charge in [-0.1, -0.05) is 21.3 Å². The maximum atomic E-state index is 12.9. The number of carbonyl (C=O) groups is 5. The fraction of sp³-hybridized carbons (Fsp3) is 0.792. The molecule has 1 aliphatic heterocycles. The SMILES string of the molecule is C.CCC(CC(CC(NC(=O)CCCC(C)C(N)=O)C(=O)NC(C)C)N1CCCC1=O)C(=O)O. The van der Waals surface area contributed by atoms with Crippen molar-refractivity contribution in [2.45, 2.75) is 105 Å². The summed E-state index contributed by atoms with van der Waals surface area (Å²) in [6, 6.07) is -1.53. The molecule has 1 heterocycles. The van der Waals surface area contributed by atoms with Crippen LogP contribution in [0.15, 0.2) is 0 Å². The number of carbonyl (C=O) groups excluding carboxylic acids is 4. The van der Waals surface area contributed by atoms with Crippen LogP contribution in [0.2, 0.25) is 0 Å². The summed E-state index contributed by atoms with van der Waals surface area (Å²) in [6.07, 6.45) is 2.88. The second-order valence-corrected chi connectivity index (χ2v) is 9.24. The minimum atomic E-state index is -0.940. The van der Waals surface area contributed by atoms with Crippen LogP contribution in [-0.2, 0) is 24.0 Å². The number of nitrogens with two attached hydrogens (primary N) is 1. The topological polar surface area (TPSA) is 159 Å². The Morgan fingerprint density at radius 3 is 2.24 bits per heavy atom. The average molecular weight is 485 g/mol. The Morgan fingerprint density at radius 1 is 1.12 bits per heavy atom. The predicted octanol–water partition coefficient (Wildman–Crippen LogP) is 1.81. The predicted molar refractivity (Wildman–Crippen MR) is 130 cm³/mol. The number of hydrogen-bond donors (Lipinski definition) is 4. The molecule has 0 bridgehead atoms. The van der Waals surface area contributed by atoms with Crippen LogP contribution in [0.3, 0.4) is 0 Å². The normalized spacial score (nSPS) is 16.9. The number of hydrogen-bond acceptors (Lipinski definition) is 5. The molecule has 1 saturated heterocycles. The summed E-state index contributed by atoms with van der Waals surface area (Å²) in [5, 5.41) is 15.1. The van der Waals surface area contributed by atoms with Crippen molar-refractivity contribution in [2.24, 2.45) is 17.6 Å². The van der Waals surface area contributed by atoms with Gasteiger partial charge in [0.05, 0.1) is 5.92 Å². The Balaban J connectivity index is 0.0000109. The van der Waals surface area contributed by atoms with E-state index in [1.807, 2.05) is 0 Å². The summed E-state index contributed by atoms with van der Waals surface area (Å²) in [4.78, 5) is 62.3. The lowest BCUT2D eigenvalue weighted by molar-refractivity contribution is -0.144. The van der Waals surface area contributed by atoms with Gasteiger partial charge in [0.25, 0.3) is 0 Å². The maximum absolute atomic E-state index is 12.9. The van der Waals surface area contributed by atoms with Crippen LogP contribution >= 0.6 is 0 Å². The van der Waals surface area contributed by atoms with E-state index in [1.165, 1.54) is 0 Å². The molecule has 0 spiro atoms. The molecular weight excluding hydrogens is 440 g/mol. The molecule has 0 aromatic rings. The van der Waals surface area contributed by atoms with Crippen LogP contribution in [0.25, 0.3) is 0 Å². The third kappa shape index (κ3) is 10.5. The summed E-state index contributed by atoms with van der Waals surface area (Å²) in [5.41, 5.74) is 5.25. The number of aliphatic carboxylic acids is 1. The minimum absolute atomic E-state index is 0. The molecule has 34 heavy (non-hydrogen) atoms. The Hall–Kier alpha value is -2.65. The lowest BCUT2D eigenvalue weighted by Gasteiger charge is -2.33. The van der Waals surface area contributed by atoms with E-state index in [2.05, 4.69) is 10.6 Å². The highest BCUT2D eigenvalue weighted by atomic mass is 16.4. The molecule has 4 atom stereocenters. The molecule has 4 amide bonds. The lowest BCUT2D eigenvalue weighted by Crippen LogP contribution is -2.52. The summed E-state index contributed by atoms with van der Waals surface area (Å²) in [5.74, 6) is -3.13. The molecule has 0 aromatic carbocycles. The molecule has 0 aromatic heterocycles. The molecule has 4 unspecified atom stereocenters. The first-order valence-corrected chi connectivity index (χ1v) is 11.9. The van der Waals surface area contributed by atoms with Crippen molar-refractivity contribution in [1.82, 2.24) is 15.5 Å². The Morgan fingerprint density at radius 2 is 1.76 bits per heavy atom. The van der Waals surface area contributed by atoms with E-state index in [9.17, 15) is 29.1 Å². The van der Waals surface area contributed by atoms with E-state index in [1.54, 1.807) is 32.6 Å². The fourth-order valence-electron chi connectivity index (χ4n) is 4.04. The van der Waals surface area contributed by atoms with Crippen LogP contribution in [0.1, 0.15) is 86.5 Å². The number of primary amides is 1. The number of amides is 4. The zero-order valence-corrected chi connectivity index (χ0v) is 20.3. The van der Waals surface area contributed by atoms with Gasteiger partial charge in [-0.15, -0.1) is 0 Å². The van der Waals surface area contributed by atoms with Crippen molar-refractivity contribution in [1.29, 1.82) is 0 Å². The van der Waals surface area contributed by atoms with E-state index in [4.69, 9.17) is 5.73 Å². The number of carboxylic acids is 1. The number of rotatable bonds is 15. The molecule has 196 valence electrons. The summed E-state index contributed by atoms with van der Waals surface area (Å²) in [6.45, 7) is 7.60. The average Bonchev–Trinajstić information content (AvgIpc) is 3.14. The second kappa shape index (κ2) is 15.3. The Kier molecular flexibility index (Phi) is 14.1. The van der Waals surface area contributed by atoms with Gasteiger partial charge >= 0.3 is 5.97 Å². The smallest absolute Gasteiger partial charge is 0.306 e. The summed E-state index contributed by atoms with van der Waals surface area (Å²) in [7, 11) is 0. The molecule has 0 aliphatic carbocycles. The number of nitrogens with one attached hydrogen (secondary N) is 2. The van der Waals surface area contributed by atoms with Gasteiger partial charge in [-0.05, 0) is 52.4 Å². The molecule has 0 saturated carbocycles. The lowest BCUT2D eigenvalue weighted by atomic mass is 9.92. The monoisotopic (exact) mass is 484 g/mol. The molecular formula is C24H44N4O6. The molecule has 5 N–H and O–H groups in total. The van der Waals surface area contributed by atoms with Gasteiger partial charge in [0, 0.05) is 37.4 Å². The zero-order valence-electron chi connectivity index (χ0n) is 20.3. The molecule has 0 radical (unpaired) electrons. The standard InChI is InChI=1S/C23H40N4O6.CH4/c1-5-16(23(32)33)12-17(27-11-7-10-20(27)29)13-18(22(31)25-14(2)3)26-19(28)9-6-8-15(4)21(24)30;/h14-18H,5-13H2,1-4H3,(H2,24,30)(H,25,31)(H,26,28)(H,32,33);1H4. The molecule has 10 heteroatoms. The van der Waals surface area contributed by atoms with Crippen molar-refractivity contribution in [2.75, 3.05) is 6.54 Å². The number of likely N-dealkylation sites (tertiary alicyclic amines) is 1. The van der Waals surface area contributed by atoms with E-state index >= 15 is 0 Å². The third-order valence-corrected chi connectivity index (χ3v) is 6.07. The van der Waals surface area contributed by atoms with Crippen LogP contribution in [-0.4, -0.2) is 64.3 Å². The van der Waals surface area contributed by atoms with E-state index in [0.717, 1.165) is 0 Å².